The molecule has 1 heterocycles. The number of rotatable bonds is 2. The molecule has 0 bridgehead atoms. The molecule has 0 fully saturated rings. The molecule has 0 saturated carbocycles. The summed E-state index contributed by atoms with van der Waals surface area (Å²) in [6.45, 7) is 4.07. The van der Waals surface area contributed by atoms with Gasteiger partial charge < -0.3 is 5.11 Å². The molecule has 1 rings (SSSR count). The van der Waals surface area contributed by atoms with Crippen LogP contribution in [0.1, 0.15) is 25.6 Å². The van der Waals surface area contributed by atoms with Gasteiger partial charge in [-0.25, -0.2) is 0 Å². The molecule has 0 aliphatic carbocycles. The minimum atomic E-state index is -0.499. The summed E-state index contributed by atoms with van der Waals surface area (Å²) in [4.78, 5) is 0. The van der Waals surface area contributed by atoms with E-state index in [1.165, 1.54) is 0 Å². The first kappa shape index (κ1) is 8.82. The smallest absolute Gasteiger partial charge is 0.102 e. The van der Waals surface area contributed by atoms with Crippen molar-refractivity contribution in [2.75, 3.05) is 0 Å². The van der Waals surface area contributed by atoms with E-state index in [1.807, 2.05) is 6.20 Å². The summed E-state index contributed by atoms with van der Waals surface area (Å²) in [5.41, 5.74) is 0.688. The summed E-state index contributed by atoms with van der Waals surface area (Å²) in [5, 5.41) is 13.3. The molecule has 3 heteroatoms. The molecule has 1 atom stereocenters. The first-order chi connectivity index (χ1) is 5.74. The third-order valence-electron chi connectivity index (χ3n) is 1.51. The lowest BCUT2D eigenvalue weighted by atomic mass is 10.3. The molecule has 0 saturated heterocycles. The molecule has 1 aromatic rings. The van der Waals surface area contributed by atoms with E-state index in [1.54, 1.807) is 24.6 Å². The molecule has 0 aromatic carbocycles. The first-order valence-electron chi connectivity index (χ1n) is 3.85. The third-order valence-corrected chi connectivity index (χ3v) is 1.51. The van der Waals surface area contributed by atoms with Crippen molar-refractivity contribution >= 4 is 0 Å². The number of aliphatic hydroxyl groups excluding tert-OH is 1. The van der Waals surface area contributed by atoms with Crippen LogP contribution >= 0.6 is 0 Å². The molecule has 0 aliphatic rings. The van der Waals surface area contributed by atoms with E-state index in [4.69, 9.17) is 5.11 Å². The predicted octanol–water partition coefficient (Wildman–Crippen LogP) is 0.960. The quantitative estimate of drug-likeness (QED) is 0.661. The van der Waals surface area contributed by atoms with Gasteiger partial charge in [-0.2, -0.15) is 5.10 Å². The van der Waals surface area contributed by atoms with Gasteiger partial charge in [0.25, 0.3) is 0 Å². The second kappa shape index (κ2) is 3.93. The number of aromatic nitrogens is 2. The Hall–Kier alpha value is -1.27. The van der Waals surface area contributed by atoms with Crippen LogP contribution in [0.5, 0.6) is 0 Å². The lowest BCUT2D eigenvalue weighted by Crippen LogP contribution is -1.99. The Balaban J connectivity index is 2.68. The summed E-state index contributed by atoms with van der Waals surface area (Å²) in [5.74, 6) is 5.67. The van der Waals surface area contributed by atoms with E-state index in [2.05, 4.69) is 16.9 Å². The molecule has 0 aliphatic heterocycles. The average molecular weight is 164 g/mol. The van der Waals surface area contributed by atoms with Crippen LogP contribution in [-0.2, 0) is 6.54 Å². The zero-order chi connectivity index (χ0) is 8.97. The molecule has 1 N–H and O–H groups in total. The van der Waals surface area contributed by atoms with Gasteiger partial charge in [0.15, 0.2) is 0 Å². The van der Waals surface area contributed by atoms with Gasteiger partial charge in [-0.15, -0.1) is 5.92 Å². The fourth-order valence-corrected chi connectivity index (χ4v) is 0.848. The molecular formula is C9H12N2O. The number of hydrogen-bond acceptors (Lipinski definition) is 2. The molecule has 0 radical (unpaired) electrons. The minimum absolute atomic E-state index is 0.499. The lowest BCUT2D eigenvalue weighted by Gasteiger charge is -1.96. The Morgan fingerprint density at radius 2 is 2.50 bits per heavy atom. The van der Waals surface area contributed by atoms with E-state index < -0.39 is 6.10 Å². The highest BCUT2D eigenvalue weighted by molar-refractivity contribution is 5.03. The van der Waals surface area contributed by atoms with Crippen molar-refractivity contribution in [1.29, 1.82) is 0 Å². The van der Waals surface area contributed by atoms with Crippen molar-refractivity contribution < 1.29 is 5.11 Å². The monoisotopic (exact) mass is 164 g/mol. The van der Waals surface area contributed by atoms with Crippen LogP contribution in [0.25, 0.3) is 0 Å². The Morgan fingerprint density at radius 3 is 3.00 bits per heavy atom. The van der Waals surface area contributed by atoms with E-state index in [0.29, 0.717) is 12.2 Å². The van der Waals surface area contributed by atoms with Crippen LogP contribution < -0.4 is 0 Å². The Labute approximate surface area is 72.0 Å². The first-order valence-corrected chi connectivity index (χ1v) is 3.85. The van der Waals surface area contributed by atoms with Crippen molar-refractivity contribution in [2.45, 2.75) is 26.5 Å². The SMILES string of the molecule is CC#CCn1ccc(C(C)O)n1. The maximum atomic E-state index is 9.15. The summed E-state index contributed by atoms with van der Waals surface area (Å²) in [6.07, 6.45) is 1.31. The second-order valence-corrected chi connectivity index (χ2v) is 2.54. The number of aliphatic hydroxyl groups is 1. The van der Waals surface area contributed by atoms with Gasteiger partial charge in [0.2, 0.25) is 0 Å². The van der Waals surface area contributed by atoms with Crippen molar-refractivity contribution in [3.8, 4) is 11.8 Å². The fraction of sp³-hybridized carbons (Fsp3) is 0.444. The van der Waals surface area contributed by atoms with Crippen LogP contribution in [0.3, 0.4) is 0 Å². The molecule has 64 valence electrons. The zero-order valence-electron chi connectivity index (χ0n) is 7.28. The van der Waals surface area contributed by atoms with Gasteiger partial charge in [0.05, 0.1) is 11.8 Å². The normalized spacial score (nSPS) is 11.9. The van der Waals surface area contributed by atoms with Crippen LogP contribution in [0.4, 0.5) is 0 Å². The highest BCUT2D eigenvalue weighted by atomic mass is 16.3. The molecule has 1 aromatic heterocycles. The van der Waals surface area contributed by atoms with Gasteiger partial charge in [-0.1, -0.05) is 5.92 Å². The molecule has 3 nitrogen and oxygen atoms in total. The molecule has 0 amide bonds. The van der Waals surface area contributed by atoms with Crippen LogP contribution in [0.15, 0.2) is 12.3 Å². The maximum Gasteiger partial charge on any atom is 0.102 e. The van der Waals surface area contributed by atoms with Gasteiger partial charge >= 0.3 is 0 Å². The maximum absolute atomic E-state index is 9.15. The standard InChI is InChI=1S/C9H12N2O/c1-3-4-6-11-7-5-9(10-11)8(2)12/h5,7-8,12H,6H2,1-2H3. The van der Waals surface area contributed by atoms with Gasteiger partial charge in [0, 0.05) is 6.20 Å². The topological polar surface area (TPSA) is 38.0 Å². The zero-order valence-corrected chi connectivity index (χ0v) is 7.28. The van der Waals surface area contributed by atoms with Crippen molar-refractivity contribution in [1.82, 2.24) is 9.78 Å². The third kappa shape index (κ3) is 2.11. The number of hydrogen-bond donors (Lipinski definition) is 1. The van der Waals surface area contributed by atoms with Crippen LogP contribution in [0.2, 0.25) is 0 Å². The Kier molecular flexibility index (Phi) is 2.89. The molecule has 1 unspecified atom stereocenters. The lowest BCUT2D eigenvalue weighted by molar-refractivity contribution is 0.193. The summed E-state index contributed by atoms with van der Waals surface area (Å²) >= 11 is 0. The van der Waals surface area contributed by atoms with Crippen LogP contribution in [0, 0.1) is 11.8 Å². The molecule has 0 spiro atoms. The summed E-state index contributed by atoms with van der Waals surface area (Å²) < 4.78 is 1.71. The second-order valence-electron chi connectivity index (χ2n) is 2.54. The van der Waals surface area contributed by atoms with E-state index >= 15 is 0 Å². The highest BCUT2D eigenvalue weighted by Crippen LogP contribution is 2.07. The van der Waals surface area contributed by atoms with Crippen molar-refractivity contribution in [3.05, 3.63) is 18.0 Å². The van der Waals surface area contributed by atoms with E-state index in [0.717, 1.165) is 0 Å². The average Bonchev–Trinajstić information content (AvgIpc) is 2.48. The van der Waals surface area contributed by atoms with Crippen molar-refractivity contribution in [2.24, 2.45) is 0 Å². The number of nitrogens with zero attached hydrogens (tertiary/aromatic N) is 2. The summed E-state index contributed by atoms with van der Waals surface area (Å²) in [6, 6.07) is 1.79. The van der Waals surface area contributed by atoms with E-state index in [-0.39, 0.29) is 0 Å². The largest absolute Gasteiger partial charge is 0.387 e. The van der Waals surface area contributed by atoms with Crippen LogP contribution in [-0.4, -0.2) is 14.9 Å². The minimum Gasteiger partial charge on any atom is -0.387 e. The van der Waals surface area contributed by atoms with Gasteiger partial charge in [-0.3, -0.25) is 4.68 Å². The van der Waals surface area contributed by atoms with E-state index in [9.17, 15) is 0 Å². The van der Waals surface area contributed by atoms with Gasteiger partial charge in [-0.05, 0) is 19.9 Å². The molecular weight excluding hydrogens is 152 g/mol. The molecule has 12 heavy (non-hydrogen) atoms. The highest BCUT2D eigenvalue weighted by Gasteiger charge is 2.02. The fourth-order valence-electron chi connectivity index (χ4n) is 0.848. The van der Waals surface area contributed by atoms with Gasteiger partial charge in [0.1, 0.15) is 6.54 Å². The Morgan fingerprint density at radius 1 is 1.75 bits per heavy atom. The Bertz CT molecular complexity index is 304. The van der Waals surface area contributed by atoms with Crippen molar-refractivity contribution in [3.63, 3.8) is 0 Å². The predicted molar refractivity (Wildman–Crippen MR) is 46.3 cm³/mol. The summed E-state index contributed by atoms with van der Waals surface area (Å²) in [7, 11) is 0.